The van der Waals surface area contributed by atoms with Crippen LogP contribution in [0.4, 0.5) is 13.2 Å². The second-order valence-corrected chi connectivity index (χ2v) is 5.88. The van der Waals surface area contributed by atoms with E-state index >= 15 is 0 Å². The van der Waals surface area contributed by atoms with Crippen molar-refractivity contribution in [3.63, 3.8) is 0 Å². The number of benzene rings is 1. The van der Waals surface area contributed by atoms with Gasteiger partial charge in [0.1, 0.15) is 5.75 Å². The molecule has 0 bridgehead atoms. The van der Waals surface area contributed by atoms with E-state index in [0.717, 1.165) is 15.4 Å². The van der Waals surface area contributed by atoms with Crippen molar-refractivity contribution in [2.24, 2.45) is 0 Å². The van der Waals surface area contributed by atoms with Crippen LogP contribution in [0, 0.1) is 6.92 Å². The molecule has 1 aromatic carbocycles. The number of hydrogen-bond acceptors (Lipinski definition) is 4. The van der Waals surface area contributed by atoms with Gasteiger partial charge >= 0.3 is 6.36 Å². The molecule has 1 atom stereocenters. The Labute approximate surface area is 124 Å². The molecule has 21 heavy (non-hydrogen) atoms. The van der Waals surface area contributed by atoms with Crippen molar-refractivity contribution >= 4 is 11.3 Å². The van der Waals surface area contributed by atoms with Crippen molar-refractivity contribution in [3.8, 4) is 5.75 Å². The molecule has 0 fully saturated rings. The molecule has 1 heterocycles. The summed E-state index contributed by atoms with van der Waals surface area (Å²) in [5, 5.41) is 4.31. The standard InChI is InChI=1S/C14H15F3N2OS/c1-9(18-7-13-8-19-10(2)21-13)11-3-5-12(6-4-11)20-14(15,16)17/h3-6,8-9,18H,7H2,1-2H3. The summed E-state index contributed by atoms with van der Waals surface area (Å²) >= 11 is 1.62. The van der Waals surface area contributed by atoms with Crippen LogP contribution in [-0.4, -0.2) is 11.3 Å². The normalized spacial score (nSPS) is 13.2. The molecule has 0 aliphatic rings. The van der Waals surface area contributed by atoms with Gasteiger partial charge in [0.15, 0.2) is 0 Å². The molecular weight excluding hydrogens is 301 g/mol. The van der Waals surface area contributed by atoms with Crippen molar-refractivity contribution in [2.45, 2.75) is 32.8 Å². The van der Waals surface area contributed by atoms with E-state index in [0.29, 0.717) is 6.54 Å². The molecule has 1 N–H and O–H groups in total. The number of nitrogens with zero attached hydrogens (tertiary/aromatic N) is 1. The zero-order valence-corrected chi connectivity index (χ0v) is 12.4. The number of thiazole rings is 1. The van der Waals surface area contributed by atoms with Crippen LogP contribution in [-0.2, 0) is 6.54 Å². The van der Waals surface area contributed by atoms with Gasteiger partial charge in [-0.2, -0.15) is 0 Å². The van der Waals surface area contributed by atoms with Crippen molar-refractivity contribution in [1.29, 1.82) is 0 Å². The number of halogens is 3. The topological polar surface area (TPSA) is 34.2 Å². The van der Waals surface area contributed by atoms with E-state index in [2.05, 4.69) is 15.0 Å². The number of aryl methyl sites for hydroxylation is 1. The van der Waals surface area contributed by atoms with Crippen molar-refractivity contribution in [1.82, 2.24) is 10.3 Å². The summed E-state index contributed by atoms with van der Waals surface area (Å²) in [5.74, 6) is -0.212. The van der Waals surface area contributed by atoms with Crippen LogP contribution in [0.3, 0.4) is 0 Å². The molecule has 0 radical (unpaired) electrons. The summed E-state index contributed by atoms with van der Waals surface area (Å²) in [6, 6.07) is 5.90. The van der Waals surface area contributed by atoms with Crippen LogP contribution in [0.15, 0.2) is 30.5 Å². The lowest BCUT2D eigenvalue weighted by molar-refractivity contribution is -0.274. The van der Waals surface area contributed by atoms with Crippen LogP contribution >= 0.6 is 11.3 Å². The van der Waals surface area contributed by atoms with Crippen molar-refractivity contribution < 1.29 is 17.9 Å². The van der Waals surface area contributed by atoms with E-state index in [9.17, 15) is 13.2 Å². The molecule has 0 aliphatic heterocycles. The number of rotatable bonds is 5. The van der Waals surface area contributed by atoms with E-state index < -0.39 is 6.36 Å². The van der Waals surface area contributed by atoms with Gasteiger partial charge in [-0.3, -0.25) is 0 Å². The third-order valence-corrected chi connectivity index (χ3v) is 3.78. The second-order valence-electron chi connectivity index (χ2n) is 4.57. The number of nitrogens with one attached hydrogen (secondary N) is 1. The van der Waals surface area contributed by atoms with Crippen LogP contribution in [0.1, 0.15) is 28.4 Å². The minimum absolute atomic E-state index is 0.0207. The number of ether oxygens (including phenoxy) is 1. The predicted octanol–water partition coefficient (Wildman–Crippen LogP) is 4.20. The van der Waals surface area contributed by atoms with Gasteiger partial charge in [-0.15, -0.1) is 24.5 Å². The highest BCUT2D eigenvalue weighted by Crippen LogP contribution is 2.24. The molecule has 0 aliphatic carbocycles. The first-order valence-electron chi connectivity index (χ1n) is 6.34. The third-order valence-electron chi connectivity index (χ3n) is 2.87. The fraction of sp³-hybridized carbons (Fsp3) is 0.357. The smallest absolute Gasteiger partial charge is 0.406 e. The van der Waals surface area contributed by atoms with Gasteiger partial charge in [0, 0.05) is 23.7 Å². The quantitative estimate of drug-likeness (QED) is 0.897. The molecule has 0 spiro atoms. The fourth-order valence-corrected chi connectivity index (χ4v) is 2.56. The van der Waals surface area contributed by atoms with Gasteiger partial charge in [0.25, 0.3) is 0 Å². The Hall–Kier alpha value is -1.60. The molecule has 0 saturated heterocycles. The lowest BCUT2D eigenvalue weighted by Crippen LogP contribution is -2.18. The van der Waals surface area contributed by atoms with Crippen molar-refractivity contribution in [3.05, 3.63) is 45.9 Å². The molecule has 1 unspecified atom stereocenters. The van der Waals surface area contributed by atoms with Gasteiger partial charge in [-0.25, -0.2) is 4.98 Å². The second kappa shape index (κ2) is 6.44. The number of aromatic nitrogens is 1. The van der Waals surface area contributed by atoms with E-state index in [-0.39, 0.29) is 11.8 Å². The van der Waals surface area contributed by atoms with Crippen LogP contribution < -0.4 is 10.1 Å². The highest BCUT2D eigenvalue weighted by atomic mass is 32.1. The molecule has 0 saturated carbocycles. The van der Waals surface area contributed by atoms with Gasteiger partial charge in [-0.05, 0) is 31.5 Å². The first kappa shape index (κ1) is 15.8. The predicted molar refractivity (Wildman–Crippen MR) is 75.2 cm³/mol. The molecule has 114 valence electrons. The zero-order chi connectivity index (χ0) is 15.5. The summed E-state index contributed by atoms with van der Waals surface area (Å²) in [7, 11) is 0. The maximum atomic E-state index is 12.1. The largest absolute Gasteiger partial charge is 0.573 e. The molecule has 1 aromatic heterocycles. The van der Waals surface area contributed by atoms with Gasteiger partial charge < -0.3 is 10.1 Å². The fourth-order valence-electron chi connectivity index (χ4n) is 1.82. The van der Waals surface area contributed by atoms with E-state index in [1.807, 2.05) is 20.0 Å². The highest BCUT2D eigenvalue weighted by molar-refractivity contribution is 7.11. The van der Waals surface area contributed by atoms with Gasteiger partial charge in [0.05, 0.1) is 5.01 Å². The Balaban J connectivity index is 1.91. The van der Waals surface area contributed by atoms with E-state index in [1.54, 1.807) is 23.5 Å². The van der Waals surface area contributed by atoms with Crippen molar-refractivity contribution in [2.75, 3.05) is 0 Å². The van der Waals surface area contributed by atoms with E-state index in [4.69, 9.17) is 0 Å². The first-order valence-corrected chi connectivity index (χ1v) is 7.15. The number of hydrogen-bond donors (Lipinski definition) is 1. The summed E-state index contributed by atoms with van der Waals surface area (Å²) in [6.45, 7) is 4.57. The average molecular weight is 316 g/mol. The lowest BCUT2D eigenvalue weighted by Gasteiger charge is -2.14. The molecular formula is C14H15F3N2OS. The summed E-state index contributed by atoms with van der Waals surface area (Å²) in [5.41, 5.74) is 0.894. The molecule has 2 aromatic rings. The minimum atomic E-state index is -4.66. The molecule has 0 amide bonds. The Morgan fingerprint density at radius 1 is 1.29 bits per heavy atom. The number of alkyl halides is 3. The molecule has 7 heteroatoms. The first-order chi connectivity index (χ1) is 9.83. The van der Waals surface area contributed by atoms with Gasteiger partial charge in [-0.1, -0.05) is 12.1 Å². The Morgan fingerprint density at radius 3 is 2.48 bits per heavy atom. The Morgan fingerprint density at radius 2 is 1.95 bits per heavy atom. The van der Waals surface area contributed by atoms with Gasteiger partial charge in [0.2, 0.25) is 0 Å². The average Bonchev–Trinajstić information content (AvgIpc) is 2.81. The van der Waals surface area contributed by atoms with Crippen LogP contribution in [0.25, 0.3) is 0 Å². The van der Waals surface area contributed by atoms with Crippen LogP contribution in [0.2, 0.25) is 0 Å². The summed E-state index contributed by atoms with van der Waals surface area (Å²) in [4.78, 5) is 5.29. The van der Waals surface area contributed by atoms with E-state index in [1.165, 1.54) is 12.1 Å². The lowest BCUT2D eigenvalue weighted by atomic mass is 10.1. The third kappa shape index (κ3) is 5.02. The zero-order valence-electron chi connectivity index (χ0n) is 11.6. The maximum Gasteiger partial charge on any atom is 0.573 e. The summed E-state index contributed by atoms with van der Waals surface area (Å²) < 4.78 is 40.1. The highest BCUT2D eigenvalue weighted by Gasteiger charge is 2.30. The monoisotopic (exact) mass is 316 g/mol. The molecule has 3 nitrogen and oxygen atoms in total. The maximum absolute atomic E-state index is 12.1. The Kier molecular flexibility index (Phi) is 4.84. The SMILES string of the molecule is Cc1ncc(CNC(C)c2ccc(OC(F)(F)F)cc2)s1. The Bertz CT molecular complexity index is 581. The summed E-state index contributed by atoms with van der Waals surface area (Å²) in [6.07, 6.45) is -2.84. The minimum Gasteiger partial charge on any atom is -0.406 e. The van der Waals surface area contributed by atoms with Crippen LogP contribution in [0.5, 0.6) is 5.75 Å². The molecule has 2 rings (SSSR count).